The van der Waals surface area contributed by atoms with Crippen molar-refractivity contribution < 1.29 is 9.90 Å². The first-order valence-electron chi connectivity index (χ1n) is 8.17. The van der Waals surface area contributed by atoms with Crippen molar-refractivity contribution >= 4 is 35.0 Å². The van der Waals surface area contributed by atoms with Gasteiger partial charge in [0.25, 0.3) is 0 Å². The summed E-state index contributed by atoms with van der Waals surface area (Å²) in [4.78, 5) is 11.9. The molecule has 0 bridgehead atoms. The molecule has 5 heteroatoms. The quantitative estimate of drug-likeness (QED) is 0.422. The van der Waals surface area contributed by atoms with Crippen LogP contribution in [0.15, 0.2) is 54.6 Å². The normalized spacial score (nSPS) is 11.9. The monoisotopic (exact) mass is 354 g/mol. The number of thiocarbonyl (C=S) groups is 1. The summed E-state index contributed by atoms with van der Waals surface area (Å²) in [7, 11) is 0. The lowest BCUT2D eigenvalue weighted by Crippen LogP contribution is -2.32. The van der Waals surface area contributed by atoms with Gasteiger partial charge in [0.15, 0.2) is 5.11 Å². The number of benzene rings is 2. The van der Waals surface area contributed by atoms with E-state index in [1.807, 2.05) is 42.5 Å². The Bertz CT molecular complexity index is 773. The third-order valence-corrected chi connectivity index (χ3v) is 4.12. The number of hydrogen-bond acceptors (Lipinski definition) is 3. The molecule has 0 aliphatic carbocycles. The number of phenolic OH excluding ortho intramolecular Hbond substituents is 1. The fourth-order valence-electron chi connectivity index (χ4n) is 2.24. The van der Waals surface area contributed by atoms with Crippen LogP contribution in [-0.4, -0.2) is 16.1 Å². The fourth-order valence-corrected chi connectivity index (χ4v) is 2.45. The van der Waals surface area contributed by atoms with Crippen molar-refractivity contribution in [3.63, 3.8) is 0 Å². The highest BCUT2D eigenvalue weighted by atomic mass is 32.1. The first kappa shape index (κ1) is 18.7. The summed E-state index contributed by atoms with van der Waals surface area (Å²) in [6.07, 6.45) is 4.12. The van der Waals surface area contributed by atoms with Crippen LogP contribution in [0.1, 0.15) is 37.3 Å². The Morgan fingerprint density at radius 1 is 1.24 bits per heavy atom. The van der Waals surface area contributed by atoms with Crippen molar-refractivity contribution in [2.75, 3.05) is 5.32 Å². The Labute approximate surface area is 153 Å². The maximum absolute atomic E-state index is 11.9. The molecule has 2 aromatic carbocycles. The molecule has 0 aliphatic heterocycles. The molecule has 0 spiro atoms. The van der Waals surface area contributed by atoms with Gasteiger partial charge >= 0.3 is 0 Å². The molecule has 0 radical (unpaired) electrons. The number of hydrogen-bond donors (Lipinski definition) is 3. The van der Waals surface area contributed by atoms with E-state index in [0.29, 0.717) is 11.6 Å². The number of aromatic hydroxyl groups is 1. The van der Waals surface area contributed by atoms with Crippen molar-refractivity contribution in [2.45, 2.75) is 26.2 Å². The van der Waals surface area contributed by atoms with Crippen LogP contribution in [-0.2, 0) is 4.79 Å². The average Bonchev–Trinajstić information content (AvgIpc) is 2.62. The maximum Gasteiger partial charge on any atom is 0.250 e. The van der Waals surface area contributed by atoms with E-state index in [9.17, 15) is 9.90 Å². The van der Waals surface area contributed by atoms with Gasteiger partial charge in [0.05, 0.1) is 5.69 Å². The standard InChI is InChI=1S/C20H22N2O2S/c1-3-14(2)16-10-11-18(23)17(13-16)21-20(25)22-19(24)12-9-15-7-5-4-6-8-15/h4-14,23H,3H2,1-2H3,(H2,21,22,24,25). The SMILES string of the molecule is CCC(C)c1ccc(O)c(NC(=S)NC(=O)C=Cc2ccccc2)c1. The third kappa shape index (κ3) is 5.72. The summed E-state index contributed by atoms with van der Waals surface area (Å²) < 4.78 is 0. The minimum Gasteiger partial charge on any atom is -0.506 e. The van der Waals surface area contributed by atoms with Gasteiger partial charge in [-0.15, -0.1) is 0 Å². The molecule has 1 atom stereocenters. The molecule has 25 heavy (non-hydrogen) atoms. The molecule has 0 aromatic heterocycles. The molecular formula is C20H22N2O2S. The van der Waals surface area contributed by atoms with E-state index in [-0.39, 0.29) is 16.8 Å². The van der Waals surface area contributed by atoms with Gasteiger partial charge in [-0.3, -0.25) is 10.1 Å². The summed E-state index contributed by atoms with van der Waals surface area (Å²) in [5.74, 6) is 0.125. The van der Waals surface area contributed by atoms with Gasteiger partial charge in [-0.2, -0.15) is 0 Å². The van der Waals surface area contributed by atoms with Crippen LogP contribution in [0, 0.1) is 0 Å². The molecule has 0 saturated heterocycles. The van der Waals surface area contributed by atoms with E-state index in [1.165, 1.54) is 6.08 Å². The van der Waals surface area contributed by atoms with Crippen LogP contribution < -0.4 is 10.6 Å². The molecule has 2 aromatic rings. The van der Waals surface area contributed by atoms with Crippen LogP contribution >= 0.6 is 12.2 Å². The highest BCUT2D eigenvalue weighted by Gasteiger charge is 2.09. The number of anilines is 1. The zero-order chi connectivity index (χ0) is 18.2. The van der Waals surface area contributed by atoms with Gasteiger partial charge in [0.2, 0.25) is 5.91 Å². The molecule has 3 N–H and O–H groups in total. The van der Waals surface area contributed by atoms with Crippen LogP contribution in [0.2, 0.25) is 0 Å². The first-order valence-corrected chi connectivity index (χ1v) is 8.58. The van der Waals surface area contributed by atoms with Crippen molar-refractivity contribution in [3.05, 3.63) is 65.7 Å². The highest BCUT2D eigenvalue weighted by molar-refractivity contribution is 7.80. The van der Waals surface area contributed by atoms with E-state index in [1.54, 1.807) is 12.1 Å². The second-order valence-electron chi connectivity index (χ2n) is 5.77. The van der Waals surface area contributed by atoms with Gasteiger partial charge in [-0.25, -0.2) is 0 Å². The fraction of sp³-hybridized carbons (Fsp3) is 0.200. The van der Waals surface area contributed by atoms with Crippen LogP contribution in [0.3, 0.4) is 0 Å². The van der Waals surface area contributed by atoms with Crippen molar-refractivity contribution in [1.82, 2.24) is 5.32 Å². The average molecular weight is 354 g/mol. The lowest BCUT2D eigenvalue weighted by atomic mass is 9.98. The molecule has 2 rings (SSSR count). The Balaban J connectivity index is 1.98. The predicted molar refractivity (Wildman–Crippen MR) is 107 cm³/mol. The molecule has 0 aliphatic rings. The minimum atomic E-state index is -0.334. The Morgan fingerprint density at radius 2 is 1.96 bits per heavy atom. The Morgan fingerprint density at radius 3 is 2.64 bits per heavy atom. The Kier molecular flexibility index (Phi) is 6.71. The maximum atomic E-state index is 11.9. The van der Waals surface area contributed by atoms with E-state index in [2.05, 4.69) is 24.5 Å². The van der Waals surface area contributed by atoms with Crippen molar-refractivity contribution in [1.29, 1.82) is 0 Å². The second kappa shape index (κ2) is 8.99. The molecule has 130 valence electrons. The smallest absolute Gasteiger partial charge is 0.250 e. The molecule has 1 unspecified atom stereocenters. The number of nitrogens with one attached hydrogen (secondary N) is 2. The van der Waals surface area contributed by atoms with E-state index in [4.69, 9.17) is 12.2 Å². The van der Waals surface area contributed by atoms with Crippen molar-refractivity contribution in [2.24, 2.45) is 0 Å². The zero-order valence-electron chi connectivity index (χ0n) is 14.3. The predicted octanol–water partition coefficient (Wildman–Crippen LogP) is 4.43. The largest absolute Gasteiger partial charge is 0.506 e. The Hall–Kier alpha value is -2.66. The number of carbonyl (C=O) groups is 1. The topological polar surface area (TPSA) is 61.4 Å². The number of amides is 1. The number of carbonyl (C=O) groups excluding carboxylic acids is 1. The number of phenols is 1. The van der Waals surface area contributed by atoms with Gasteiger partial charge in [-0.05, 0) is 53.9 Å². The lowest BCUT2D eigenvalue weighted by Gasteiger charge is -2.14. The van der Waals surface area contributed by atoms with E-state index in [0.717, 1.165) is 17.5 Å². The molecule has 0 saturated carbocycles. The van der Waals surface area contributed by atoms with Crippen LogP contribution in [0.5, 0.6) is 5.75 Å². The zero-order valence-corrected chi connectivity index (χ0v) is 15.1. The van der Waals surface area contributed by atoms with Gasteiger partial charge in [0.1, 0.15) is 5.75 Å². The van der Waals surface area contributed by atoms with E-state index < -0.39 is 0 Å². The summed E-state index contributed by atoms with van der Waals surface area (Å²) in [5.41, 5.74) is 2.51. The summed E-state index contributed by atoms with van der Waals surface area (Å²) in [6.45, 7) is 4.22. The first-order chi connectivity index (χ1) is 12.0. The van der Waals surface area contributed by atoms with Crippen LogP contribution in [0.25, 0.3) is 6.08 Å². The summed E-state index contributed by atoms with van der Waals surface area (Å²) in [5, 5.41) is 15.6. The van der Waals surface area contributed by atoms with Gasteiger partial charge < -0.3 is 10.4 Å². The lowest BCUT2D eigenvalue weighted by molar-refractivity contribution is -0.115. The minimum absolute atomic E-state index is 0.0866. The number of rotatable bonds is 5. The molecule has 0 fully saturated rings. The highest BCUT2D eigenvalue weighted by Crippen LogP contribution is 2.28. The summed E-state index contributed by atoms with van der Waals surface area (Å²) in [6, 6.07) is 14.9. The third-order valence-electron chi connectivity index (χ3n) is 3.91. The molecule has 0 heterocycles. The van der Waals surface area contributed by atoms with Gasteiger partial charge in [0, 0.05) is 6.08 Å². The molecule has 4 nitrogen and oxygen atoms in total. The van der Waals surface area contributed by atoms with Gasteiger partial charge in [-0.1, -0.05) is 50.2 Å². The van der Waals surface area contributed by atoms with Crippen LogP contribution in [0.4, 0.5) is 5.69 Å². The van der Waals surface area contributed by atoms with Crippen molar-refractivity contribution in [3.8, 4) is 5.75 Å². The van der Waals surface area contributed by atoms with E-state index >= 15 is 0 Å². The summed E-state index contributed by atoms with van der Waals surface area (Å²) >= 11 is 5.15. The molecular weight excluding hydrogens is 332 g/mol. The second-order valence-corrected chi connectivity index (χ2v) is 6.18. The molecule has 1 amide bonds.